The van der Waals surface area contributed by atoms with Gasteiger partial charge in [0.15, 0.2) is 5.82 Å². The first kappa shape index (κ1) is 13.2. The maximum Gasteiger partial charge on any atom is 0.231 e. The van der Waals surface area contributed by atoms with E-state index in [1.165, 1.54) is 0 Å². The molecule has 0 unspecified atom stereocenters. The van der Waals surface area contributed by atoms with E-state index in [9.17, 15) is 0 Å². The highest BCUT2D eigenvalue weighted by Gasteiger charge is 2.07. The Kier molecular flexibility index (Phi) is 4.90. The summed E-state index contributed by atoms with van der Waals surface area (Å²) in [6, 6.07) is 8.12. The minimum atomic E-state index is 0.674. The molecule has 18 heavy (non-hydrogen) atoms. The van der Waals surface area contributed by atoms with Crippen LogP contribution in [-0.4, -0.2) is 23.7 Å². The molecule has 1 aromatic carbocycles. The smallest absolute Gasteiger partial charge is 0.231 e. The van der Waals surface area contributed by atoms with Crippen LogP contribution in [0.1, 0.15) is 23.7 Å². The normalized spacial score (nSPS) is 10.8. The van der Waals surface area contributed by atoms with Crippen LogP contribution in [0, 0.1) is 0 Å². The van der Waals surface area contributed by atoms with Gasteiger partial charge in [-0.3, -0.25) is 0 Å². The van der Waals surface area contributed by atoms with E-state index in [1.807, 2.05) is 19.2 Å². The molecule has 0 aliphatic heterocycles. The van der Waals surface area contributed by atoms with Gasteiger partial charge in [-0.05, 0) is 37.7 Å². The molecule has 0 fully saturated rings. The minimum Gasteiger partial charge on any atom is -0.339 e. The van der Waals surface area contributed by atoms with Crippen molar-refractivity contribution in [2.45, 2.75) is 19.3 Å². The highest BCUT2D eigenvalue weighted by atomic mass is 79.9. The average Bonchev–Trinajstić information content (AvgIpc) is 2.77. The van der Waals surface area contributed by atoms with Gasteiger partial charge in [0.2, 0.25) is 5.89 Å². The van der Waals surface area contributed by atoms with Gasteiger partial charge in [-0.1, -0.05) is 33.2 Å². The van der Waals surface area contributed by atoms with Gasteiger partial charge in [0.25, 0.3) is 0 Å². The zero-order valence-electron chi connectivity index (χ0n) is 10.3. The summed E-state index contributed by atoms with van der Waals surface area (Å²) < 4.78 is 6.31. The van der Waals surface area contributed by atoms with Crippen LogP contribution in [0.4, 0.5) is 0 Å². The van der Waals surface area contributed by atoms with Crippen molar-refractivity contribution in [3.8, 4) is 0 Å². The summed E-state index contributed by atoms with van der Waals surface area (Å²) in [5.41, 5.74) is 1.16. The van der Waals surface area contributed by atoms with E-state index in [1.54, 1.807) is 0 Å². The molecule has 1 aromatic heterocycles. The molecule has 96 valence electrons. The Morgan fingerprint density at radius 1 is 1.39 bits per heavy atom. The van der Waals surface area contributed by atoms with Crippen molar-refractivity contribution in [3.63, 3.8) is 0 Å². The topological polar surface area (TPSA) is 51.0 Å². The maximum atomic E-state index is 5.24. The summed E-state index contributed by atoms with van der Waals surface area (Å²) in [7, 11) is 1.94. The van der Waals surface area contributed by atoms with Crippen molar-refractivity contribution >= 4 is 15.9 Å². The third-order valence-electron chi connectivity index (χ3n) is 2.58. The molecule has 5 heteroatoms. The van der Waals surface area contributed by atoms with Gasteiger partial charge >= 0.3 is 0 Å². The first-order valence-corrected chi connectivity index (χ1v) is 6.78. The number of halogens is 1. The van der Waals surface area contributed by atoms with Crippen LogP contribution >= 0.6 is 15.9 Å². The van der Waals surface area contributed by atoms with Crippen LogP contribution in [0.25, 0.3) is 0 Å². The fourth-order valence-electron chi connectivity index (χ4n) is 1.71. The molecule has 0 atom stereocenters. The second-order valence-electron chi connectivity index (χ2n) is 4.12. The van der Waals surface area contributed by atoms with E-state index in [2.05, 4.69) is 43.5 Å². The van der Waals surface area contributed by atoms with Crippen LogP contribution in [0.3, 0.4) is 0 Å². The Balaban J connectivity index is 1.94. The van der Waals surface area contributed by atoms with Gasteiger partial charge in [0.1, 0.15) is 0 Å². The fourth-order valence-corrected chi connectivity index (χ4v) is 2.15. The van der Waals surface area contributed by atoms with Crippen LogP contribution in [0.2, 0.25) is 0 Å². The van der Waals surface area contributed by atoms with E-state index in [-0.39, 0.29) is 0 Å². The van der Waals surface area contributed by atoms with Gasteiger partial charge < -0.3 is 9.84 Å². The summed E-state index contributed by atoms with van der Waals surface area (Å²) >= 11 is 3.45. The zero-order valence-corrected chi connectivity index (χ0v) is 11.9. The molecule has 4 nitrogen and oxygen atoms in total. The Bertz CT molecular complexity index is 498. The Morgan fingerprint density at radius 3 is 3.06 bits per heavy atom. The second kappa shape index (κ2) is 6.66. The fraction of sp³-hybridized carbons (Fsp3) is 0.385. The lowest BCUT2D eigenvalue weighted by atomic mass is 10.1. The molecule has 0 saturated carbocycles. The number of hydrogen-bond acceptors (Lipinski definition) is 4. The average molecular weight is 310 g/mol. The number of aryl methyl sites for hydroxylation is 1. The molecule has 0 bridgehead atoms. The molecule has 2 aromatic rings. The lowest BCUT2D eigenvalue weighted by molar-refractivity contribution is 0.379. The predicted octanol–water partition coefficient (Wildman–Crippen LogP) is 2.57. The number of aromatic nitrogens is 2. The van der Waals surface area contributed by atoms with Crippen LogP contribution in [-0.2, 0) is 12.8 Å². The number of nitrogens with zero attached hydrogens (tertiary/aromatic N) is 2. The Morgan fingerprint density at radius 2 is 2.28 bits per heavy atom. The standard InChI is InChI=1S/C13H16BrN3O/c1-15-7-3-6-12-16-13(18-17-12)9-10-4-2-5-11(14)8-10/h2,4-5,8,15H,3,6-7,9H2,1H3. The predicted molar refractivity (Wildman–Crippen MR) is 73.5 cm³/mol. The molecule has 0 radical (unpaired) electrons. The van der Waals surface area contributed by atoms with Gasteiger partial charge in [-0.15, -0.1) is 0 Å². The van der Waals surface area contributed by atoms with Crippen molar-refractivity contribution in [3.05, 3.63) is 46.0 Å². The van der Waals surface area contributed by atoms with Gasteiger partial charge in [-0.25, -0.2) is 0 Å². The molecule has 0 saturated heterocycles. The summed E-state index contributed by atoms with van der Waals surface area (Å²) in [5.74, 6) is 1.46. The highest BCUT2D eigenvalue weighted by molar-refractivity contribution is 9.10. The first-order chi connectivity index (χ1) is 8.78. The maximum absolute atomic E-state index is 5.24. The highest BCUT2D eigenvalue weighted by Crippen LogP contribution is 2.14. The zero-order chi connectivity index (χ0) is 12.8. The number of hydrogen-bond donors (Lipinski definition) is 1. The summed E-state index contributed by atoms with van der Waals surface area (Å²) in [6.07, 6.45) is 2.55. The molecule has 1 heterocycles. The number of rotatable bonds is 6. The van der Waals surface area contributed by atoms with E-state index >= 15 is 0 Å². The van der Waals surface area contributed by atoms with E-state index in [4.69, 9.17) is 4.52 Å². The molecule has 2 rings (SSSR count). The molecule has 1 N–H and O–H groups in total. The molecule has 0 aliphatic rings. The molecule has 0 amide bonds. The van der Waals surface area contributed by atoms with Crippen molar-refractivity contribution in [1.29, 1.82) is 0 Å². The van der Waals surface area contributed by atoms with Crippen LogP contribution in [0.5, 0.6) is 0 Å². The van der Waals surface area contributed by atoms with Crippen LogP contribution < -0.4 is 5.32 Å². The third kappa shape index (κ3) is 3.92. The monoisotopic (exact) mass is 309 g/mol. The number of nitrogens with one attached hydrogen (secondary N) is 1. The van der Waals surface area contributed by atoms with Crippen molar-refractivity contribution in [2.24, 2.45) is 0 Å². The Hall–Kier alpha value is -1.20. The summed E-state index contributed by atoms with van der Waals surface area (Å²) in [4.78, 5) is 4.39. The van der Waals surface area contributed by atoms with Crippen molar-refractivity contribution in [2.75, 3.05) is 13.6 Å². The van der Waals surface area contributed by atoms with Gasteiger partial charge in [0, 0.05) is 10.9 Å². The summed E-state index contributed by atoms with van der Waals surface area (Å²) in [6.45, 7) is 0.968. The molecular formula is C13H16BrN3O. The van der Waals surface area contributed by atoms with E-state index < -0.39 is 0 Å². The second-order valence-corrected chi connectivity index (χ2v) is 5.03. The van der Waals surface area contributed by atoms with Crippen molar-refractivity contribution < 1.29 is 4.52 Å². The molecular weight excluding hydrogens is 294 g/mol. The Labute approximate surface area is 115 Å². The largest absolute Gasteiger partial charge is 0.339 e. The lowest BCUT2D eigenvalue weighted by Gasteiger charge is -1.97. The van der Waals surface area contributed by atoms with Gasteiger partial charge in [-0.2, -0.15) is 4.98 Å². The van der Waals surface area contributed by atoms with E-state index in [0.29, 0.717) is 12.3 Å². The molecule has 0 spiro atoms. The third-order valence-corrected chi connectivity index (χ3v) is 3.07. The minimum absolute atomic E-state index is 0.674. The molecule has 0 aliphatic carbocycles. The van der Waals surface area contributed by atoms with Crippen LogP contribution in [0.15, 0.2) is 33.3 Å². The first-order valence-electron chi connectivity index (χ1n) is 5.98. The summed E-state index contributed by atoms with van der Waals surface area (Å²) in [5, 5.41) is 7.08. The quantitative estimate of drug-likeness (QED) is 0.833. The van der Waals surface area contributed by atoms with Crippen molar-refractivity contribution in [1.82, 2.24) is 15.5 Å². The lowest BCUT2D eigenvalue weighted by Crippen LogP contribution is -2.08. The SMILES string of the molecule is CNCCCc1noc(Cc2cccc(Br)c2)n1. The van der Waals surface area contributed by atoms with E-state index in [0.717, 1.165) is 35.2 Å². The number of benzene rings is 1. The van der Waals surface area contributed by atoms with Gasteiger partial charge in [0.05, 0.1) is 6.42 Å².